The van der Waals surface area contributed by atoms with Crippen molar-refractivity contribution in [3.63, 3.8) is 0 Å². The molecule has 30 heavy (non-hydrogen) atoms. The first-order valence-corrected chi connectivity index (χ1v) is 11.2. The van der Waals surface area contributed by atoms with Crippen molar-refractivity contribution in [3.05, 3.63) is 95.1 Å². The Hall–Kier alpha value is -3.12. The second-order valence-corrected chi connectivity index (χ2v) is 9.36. The highest BCUT2D eigenvalue weighted by Crippen LogP contribution is 2.23. The Morgan fingerprint density at radius 1 is 0.933 bits per heavy atom. The predicted molar refractivity (Wildman–Crippen MR) is 120 cm³/mol. The van der Waals surface area contributed by atoms with Crippen molar-refractivity contribution in [3.8, 4) is 0 Å². The fourth-order valence-corrected chi connectivity index (χ4v) is 4.56. The van der Waals surface area contributed by atoms with Gasteiger partial charge in [0, 0.05) is 12.6 Å². The lowest BCUT2D eigenvalue weighted by molar-refractivity contribution is 0.0939. The number of carbonyl (C=O) groups is 1. The first kappa shape index (κ1) is 21.6. The molecule has 0 aliphatic rings. The molecule has 1 N–H and O–H groups in total. The number of carbonyl (C=O) groups excluding carboxylic acids is 1. The number of sulfonamides is 1. The molecule has 0 saturated heterocycles. The van der Waals surface area contributed by atoms with Gasteiger partial charge >= 0.3 is 0 Å². The molecule has 3 rings (SSSR count). The minimum absolute atomic E-state index is 0.0703. The summed E-state index contributed by atoms with van der Waals surface area (Å²) in [4.78, 5) is 12.9. The number of amides is 1. The van der Waals surface area contributed by atoms with Crippen molar-refractivity contribution < 1.29 is 13.2 Å². The minimum Gasteiger partial charge on any atom is -0.346 e. The number of anilines is 1. The normalized spacial score (nSPS) is 12.3. The molecule has 0 aliphatic carbocycles. The van der Waals surface area contributed by atoms with E-state index in [0.29, 0.717) is 11.3 Å². The van der Waals surface area contributed by atoms with Crippen molar-refractivity contribution >= 4 is 21.6 Å². The summed E-state index contributed by atoms with van der Waals surface area (Å²) < 4.78 is 27.3. The summed E-state index contributed by atoms with van der Waals surface area (Å²) in [5, 5.41) is 2.97. The number of benzene rings is 3. The van der Waals surface area contributed by atoms with Crippen molar-refractivity contribution in [1.29, 1.82) is 0 Å². The van der Waals surface area contributed by atoms with E-state index in [9.17, 15) is 13.2 Å². The third-order valence-electron chi connectivity index (χ3n) is 5.12. The quantitative estimate of drug-likeness (QED) is 0.630. The Bertz CT molecular complexity index is 1160. The SMILES string of the molecule is Cc1ccc(C)c(C(C)NC(=O)c2cccc(S(=O)(=O)N(C)c3ccccc3)c2)c1. The number of rotatable bonds is 6. The van der Waals surface area contributed by atoms with E-state index in [4.69, 9.17) is 0 Å². The molecule has 1 unspecified atom stereocenters. The number of para-hydroxylation sites is 1. The standard InChI is InChI=1S/C24H26N2O3S/c1-17-13-14-18(2)23(15-17)19(3)25-24(27)20-9-8-12-22(16-20)30(28,29)26(4)21-10-6-5-7-11-21/h5-16,19H,1-4H3,(H,25,27). The Morgan fingerprint density at radius 2 is 1.63 bits per heavy atom. The molecular formula is C24H26N2O3S. The lowest BCUT2D eigenvalue weighted by atomic mass is 10.00. The molecule has 1 atom stereocenters. The van der Waals surface area contributed by atoms with Gasteiger partial charge in [-0.1, -0.05) is 48.0 Å². The van der Waals surface area contributed by atoms with E-state index in [1.165, 1.54) is 23.5 Å². The van der Waals surface area contributed by atoms with Gasteiger partial charge in [-0.2, -0.15) is 0 Å². The van der Waals surface area contributed by atoms with Crippen LogP contribution in [-0.2, 0) is 10.0 Å². The lowest BCUT2D eigenvalue weighted by Gasteiger charge is -2.20. The molecule has 0 heterocycles. The summed E-state index contributed by atoms with van der Waals surface area (Å²) in [5.41, 5.74) is 4.10. The highest BCUT2D eigenvalue weighted by Gasteiger charge is 2.23. The number of nitrogens with zero attached hydrogens (tertiary/aromatic N) is 1. The summed E-state index contributed by atoms with van der Waals surface area (Å²) >= 11 is 0. The van der Waals surface area contributed by atoms with Gasteiger partial charge in [-0.25, -0.2) is 8.42 Å². The van der Waals surface area contributed by atoms with Gasteiger partial charge in [-0.05, 0) is 62.2 Å². The van der Waals surface area contributed by atoms with E-state index in [1.54, 1.807) is 36.4 Å². The smallest absolute Gasteiger partial charge is 0.264 e. The average Bonchev–Trinajstić information content (AvgIpc) is 2.75. The number of aryl methyl sites for hydroxylation is 2. The van der Waals surface area contributed by atoms with Crippen molar-refractivity contribution in [2.45, 2.75) is 31.7 Å². The van der Waals surface area contributed by atoms with Crippen molar-refractivity contribution in [1.82, 2.24) is 5.32 Å². The zero-order chi connectivity index (χ0) is 21.9. The molecule has 5 nitrogen and oxygen atoms in total. The molecule has 0 aliphatic heterocycles. The second-order valence-electron chi connectivity index (χ2n) is 7.39. The van der Waals surface area contributed by atoms with E-state index >= 15 is 0 Å². The van der Waals surface area contributed by atoms with Crippen LogP contribution in [0.25, 0.3) is 0 Å². The van der Waals surface area contributed by atoms with Crippen LogP contribution in [-0.4, -0.2) is 21.4 Å². The second kappa shape index (κ2) is 8.71. The zero-order valence-corrected chi connectivity index (χ0v) is 18.4. The molecule has 6 heteroatoms. The first-order valence-electron chi connectivity index (χ1n) is 9.72. The van der Waals surface area contributed by atoms with Gasteiger partial charge in [-0.3, -0.25) is 9.10 Å². The molecular weight excluding hydrogens is 396 g/mol. The van der Waals surface area contributed by atoms with E-state index in [0.717, 1.165) is 16.7 Å². The molecule has 0 fully saturated rings. The van der Waals surface area contributed by atoms with Crippen LogP contribution in [0.1, 0.15) is 40.0 Å². The Kier molecular flexibility index (Phi) is 6.27. The molecule has 0 saturated carbocycles. The van der Waals surface area contributed by atoms with E-state index < -0.39 is 10.0 Å². The van der Waals surface area contributed by atoms with Crippen LogP contribution in [0.15, 0.2) is 77.7 Å². The molecule has 0 spiro atoms. The van der Waals surface area contributed by atoms with Crippen LogP contribution in [0.4, 0.5) is 5.69 Å². The monoisotopic (exact) mass is 422 g/mol. The largest absolute Gasteiger partial charge is 0.346 e. The Morgan fingerprint density at radius 3 is 2.33 bits per heavy atom. The Balaban J connectivity index is 1.84. The topological polar surface area (TPSA) is 66.5 Å². The van der Waals surface area contributed by atoms with Crippen LogP contribution in [0.2, 0.25) is 0 Å². The van der Waals surface area contributed by atoms with Gasteiger partial charge in [0.15, 0.2) is 0 Å². The molecule has 156 valence electrons. The van der Waals surface area contributed by atoms with Crippen LogP contribution >= 0.6 is 0 Å². The Labute approximate surface area is 178 Å². The summed E-state index contributed by atoms with van der Waals surface area (Å²) in [6, 6.07) is 20.9. The number of hydrogen-bond donors (Lipinski definition) is 1. The molecule has 1 amide bonds. The van der Waals surface area contributed by atoms with Crippen molar-refractivity contribution in [2.75, 3.05) is 11.4 Å². The molecule has 3 aromatic carbocycles. The minimum atomic E-state index is -3.79. The van der Waals surface area contributed by atoms with Crippen LogP contribution < -0.4 is 9.62 Å². The van der Waals surface area contributed by atoms with Crippen LogP contribution in [0, 0.1) is 13.8 Å². The maximum Gasteiger partial charge on any atom is 0.264 e. The molecule has 0 radical (unpaired) electrons. The van der Waals surface area contributed by atoms with Gasteiger partial charge in [0.2, 0.25) is 0 Å². The summed E-state index contributed by atoms with van der Waals surface area (Å²) in [7, 11) is -2.29. The van der Waals surface area contributed by atoms with Gasteiger partial charge in [0.05, 0.1) is 16.6 Å². The third-order valence-corrected chi connectivity index (χ3v) is 6.90. The highest BCUT2D eigenvalue weighted by molar-refractivity contribution is 7.92. The lowest BCUT2D eigenvalue weighted by Crippen LogP contribution is -2.29. The maximum absolute atomic E-state index is 13.0. The van der Waals surface area contributed by atoms with Gasteiger partial charge in [-0.15, -0.1) is 0 Å². The number of nitrogens with one attached hydrogen (secondary N) is 1. The summed E-state index contributed by atoms with van der Waals surface area (Å²) in [5.74, 6) is -0.317. The van der Waals surface area contributed by atoms with Crippen molar-refractivity contribution in [2.24, 2.45) is 0 Å². The zero-order valence-electron chi connectivity index (χ0n) is 17.6. The van der Waals surface area contributed by atoms with E-state index in [1.807, 2.05) is 39.0 Å². The first-order chi connectivity index (χ1) is 14.2. The highest BCUT2D eigenvalue weighted by atomic mass is 32.2. The summed E-state index contributed by atoms with van der Waals surface area (Å²) in [6.07, 6.45) is 0. The fourth-order valence-electron chi connectivity index (χ4n) is 3.32. The maximum atomic E-state index is 13.0. The molecule has 3 aromatic rings. The molecule has 0 bridgehead atoms. The van der Waals surface area contributed by atoms with E-state index in [2.05, 4.69) is 11.4 Å². The van der Waals surface area contributed by atoms with Crippen LogP contribution in [0.3, 0.4) is 0 Å². The van der Waals surface area contributed by atoms with Crippen LogP contribution in [0.5, 0.6) is 0 Å². The van der Waals surface area contributed by atoms with Gasteiger partial charge in [0.25, 0.3) is 15.9 Å². The van der Waals surface area contributed by atoms with Gasteiger partial charge < -0.3 is 5.32 Å². The average molecular weight is 423 g/mol. The summed E-state index contributed by atoms with van der Waals surface area (Å²) in [6.45, 7) is 5.93. The predicted octanol–water partition coefficient (Wildman–Crippen LogP) is 4.62. The number of hydrogen-bond acceptors (Lipinski definition) is 3. The van der Waals surface area contributed by atoms with Gasteiger partial charge in [0.1, 0.15) is 0 Å². The van der Waals surface area contributed by atoms with E-state index in [-0.39, 0.29) is 16.8 Å². The third kappa shape index (κ3) is 4.54. The fraction of sp³-hybridized carbons (Fsp3) is 0.208. The molecule has 0 aromatic heterocycles.